The van der Waals surface area contributed by atoms with E-state index in [-0.39, 0.29) is 17.8 Å². The Labute approximate surface area is 131 Å². The Balaban J connectivity index is 2.13. The van der Waals surface area contributed by atoms with Crippen molar-refractivity contribution >= 4 is 22.9 Å². The summed E-state index contributed by atoms with van der Waals surface area (Å²) in [6.07, 6.45) is 0. The van der Waals surface area contributed by atoms with Crippen LogP contribution in [0.4, 0.5) is 5.69 Å². The molecule has 1 heterocycles. The molecule has 0 fully saturated rings. The number of nitro groups is 1. The molecule has 0 aliphatic carbocycles. The van der Waals surface area contributed by atoms with Gasteiger partial charge in [0.15, 0.2) is 0 Å². The molecule has 0 radical (unpaired) electrons. The van der Waals surface area contributed by atoms with Crippen LogP contribution in [0.1, 0.15) is 27.7 Å². The summed E-state index contributed by atoms with van der Waals surface area (Å²) in [6.45, 7) is 3.34. The van der Waals surface area contributed by atoms with Gasteiger partial charge in [-0.05, 0) is 30.9 Å². The summed E-state index contributed by atoms with van der Waals surface area (Å²) in [5, 5.41) is 25.6. The number of nitrogens with zero attached hydrogens (tertiary/aromatic N) is 1. The molecule has 0 aliphatic rings. The van der Waals surface area contributed by atoms with Gasteiger partial charge in [-0.15, -0.1) is 11.3 Å². The van der Waals surface area contributed by atoms with Crippen LogP contribution in [-0.2, 0) is 5.60 Å². The second-order valence-corrected chi connectivity index (χ2v) is 6.14. The van der Waals surface area contributed by atoms with Crippen LogP contribution in [0.5, 0.6) is 0 Å². The summed E-state index contributed by atoms with van der Waals surface area (Å²) in [4.78, 5) is 23.2. The van der Waals surface area contributed by atoms with Crippen LogP contribution >= 0.6 is 11.3 Å². The average Bonchev–Trinajstić information content (AvgIpc) is 3.00. The largest absolute Gasteiger partial charge is 0.383 e. The molecule has 2 rings (SSSR count). The Morgan fingerprint density at radius 3 is 2.77 bits per heavy atom. The number of carbonyl (C=O) groups is 1. The van der Waals surface area contributed by atoms with Crippen LogP contribution in [0, 0.1) is 17.0 Å². The minimum absolute atomic E-state index is 0.0223. The monoisotopic (exact) mass is 320 g/mol. The van der Waals surface area contributed by atoms with Gasteiger partial charge >= 0.3 is 0 Å². The van der Waals surface area contributed by atoms with E-state index < -0.39 is 16.4 Å². The lowest BCUT2D eigenvalue weighted by Gasteiger charge is -2.22. The van der Waals surface area contributed by atoms with E-state index in [0.29, 0.717) is 5.56 Å². The molecular weight excluding hydrogens is 304 g/mol. The lowest BCUT2D eigenvalue weighted by Crippen LogP contribution is -2.38. The molecule has 0 bridgehead atoms. The van der Waals surface area contributed by atoms with Gasteiger partial charge in [0.05, 0.1) is 11.5 Å². The molecule has 1 atom stereocenters. The quantitative estimate of drug-likeness (QED) is 0.654. The number of aryl methyl sites for hydroxylation is 1. The molecule has 2 N–H and O–H groups in total. The number of aliphatic hydroxyl groups is 1. The molecule has 7 heteroatoms. The summed E-state index contributed by atoms with van der Waals surface area (Å²) < 4.78 is 0. The van der Waals surface area contributed by atoms with Crippen molar-refractivity contribution in [2.24, 2.45) is 0 Å². The molecule has 116 valence electrons. The molecule has 0 aliphatic heterocycles. The molecular formula is C15H16N2O4S. The smallest absolute Gasteiger partial charge is 0.270 e. The van der Waals surface area contributed by atoms with Gasteiger partial charge in [-0.25, -0.2) is 0 Å². The predicted octanol–water partition coefficient (Wildman–Crippen LogP) is 2.60. The number of benzene rings is 1. The molecule has 6 nitrogen and oxygen atoms in total. The minimum Gasteiger partial charge on any atom is -0.383 e. The van der Waals surface area contributed by atoms with Crippen molar-refractivity contribution in [3.05, 3.63) is 61.8 Å². The van der Waals surface area contributed by atoms with Crippen LogP contribution in [-0.4, -0.2) is 22.5 Å². The summed E-state index contributed by atoms with van der Waals surface area (Å²) in [5.74, 6) is -0.446. The highest BCUT2D eigenvalue weighted by atomic mass is 32.1. The summed E-state index contributed by atoms with van der Waals surface area (Å²) in [7, 11) is 0. The van der Waals surface area contributed by atoms with Crippen molar-refractivity contribution in [1.29, 1.82) is 0 Å². The first-order chi connectivity index (χ1) is 10.3. The van der Waals surface area contributed by atoms with Gasteiger partial charge in [-0.3, -0.25) is 14.9 Å². The zero-order valence-electron chi connectivity index (χ0n) is 12.2. The highest BCUT2D eigenvalue weighted by Gasteiger charge is 2.25. The number of non-ortho nitro benzene ring substituents is 1. The van der Waals surface area contributed by atoms with E-state index in [4.69, 9.17) is 0 Å². The first-order valence-corrected chi connectivity index (χ1v) is 7.49. The summed E-state index contributed by atoms with van der Waals surface area (Å²) >= 11 is 1.40. The predicted molar refractivity (Wildman–Crippen MR) is 84.1 cm³/mol. The second-order valence-electron chi connectivity index (χ2n) is 5.19. The van der Waals surface area contributed by atoms with Gasteiger partial charge in [0.1, 0.15) is 5.60 Å². The first-order valence-electron chi connectivity index (χ1n) is 6.61. The summed E-state index contributed by atoms with van der Waals surface area (Å²) in [6, 6.07) is 7.74. The molecule has 1 amide bonds. The zero-order chi connectivity index (χ0) is 16.3. The molecule has 0 spiro atoms. The van der Waals surface area contributed by atoms with Crippen molar-refractivity contribution in [1.82, 2.24) is 5.32 Å². The third-order valence-corrected chi connectivity index (χ3v) is 4.44. The number of nitro benzene ring substituents is 1. The standard InChI is InChI=1S/C15H16N2O4S/c1-10-5-6-11(17(20)21)8-12(10)14(18)16-9-15(2,19)13-4-3-7-22-13/h3-8,19H,9H2,1-2H3,(H,16,18). The van der Waals surface area contributed by atoms with Crippen LogP contribution in [0.2, 0.25) is 0 Å². The lowest BCUT2D eigenvalue weighted by molar-refractivity contribution is -0.384. The fourth-order valence-corrected chi connectivity index (χ4v) is 2.77. The fourth-order valence-electron chi connectivity index (χ4n) is 1.99. The lowest BCUT2D eigenvalue weighted by atomic mass is 10.0. The van der Waals surface area contributed by atoms with Crippen LogP contribution < -0.4 is 5.32 Å². The van der Waals surface area contributed by atoms with E-state index in [1.165, 1.54) is 29.5 Å². The van der Waals surface area contributed by atoms with E-state index in [2.05, 4.69) is 5.32 Å². The molecule has 1 aromatic heterocycles. The van der Waals surface area contributed by atoms with Crippen molar-refractivity contribution < 1.29 is 14.8 Å². The maximum atomic E-state index is 12.2. The van der Waals surface area contributed by atoms with Crippen molar-refractivity contribution in [2.75, 3.05) is 6.54 Å². The fraction of sp³-hybridized carbons (Fsp3) is 0.267. The van der Waals surface area contributed by atoms with Crippen LogP contribution in [0.3, 0.4) is 0 Å². The third kappa shape index (κ3) is 3.49. The SMILES string of the molecule is Cc1ccc([N+](=O)[O-])cc1C(=O)NCC(C)(O)c1cccs1. The number of amides is 1. The first kappa shape index (κ1) is 16.1. The maximum Gasteiger partial charge on any atom is 0.270 e. The van der Waals surface area contributed by atoms with Crippen molar-refractivity contribution in [3.8, 4) is 0 Å². The van der Waals surface area contributed by atoms with E-state index in [1.807, 2.05) is 11.4 Å². The number of carbonyl (C=O) groups excluding carboxylic acids is 1. The average molecular weight is 320 g/mol. The van der Waals surface area contributed by atoms with Gasteiger partial charge in [-0.1, -0.05) is 12.1 Å². The van der Waals surface area contributed by atoms with Gasteiger partial charge < -0.3 is 10.4 Å². The molecule has 1 unspecified atom stereocenters. The van der Waals surface area contributed by atoms with Gasteiger partial charge in [-0.2, -0.15) is 0 Å². The van der Waals surface area contributed by atoms with Crippen molar-refractivity contribution in [3.63, 3.8) is 0 Å². The zero-order valence-corrected chi connectivity index (χ0v) is 13.0. The van der Waals surface area contributed by atoms with E-state index in [0.717, 1.165) is 4.88 Å². The number of rotatable bonds is 5. The molecule has 2 aromatic rings. The number of nitrogens with one attached hydrogen (secondary N) is 1. The molecule has 0 saturated carbocycles. The second kappa shape index (κ2) is 6.25. The van der Waals surface area contributed by atoms with E-state index >= 15 is 0 Å². The highest BCUT2D eigenvalue weighted by molar-refractivity contribution is 7.10. The van der Waals surface area contributed by atoms with Crippen LogP contribution in [0.25, 0.3) is 0 Å². The third-order valence-electron chi connectivity index (χ3n) is 3.32. The van der Waals surface area contributed by atoms with E-state index in [1.54, 1.807) is 19.9 Å². The Bertz CT molecular complexity index is 696. The Hall–Kier alpha value is -2.25. The Kier molecular flexibility index (Phi) is 4.58. The minimum atomic E-state index is -1.18. The maximum absolute atomic E-state index is 12.2. The Morgan fingerprint density at radius 2 is 2.18 bits per heavy atom. The topological polar surface area (TPSA) is 92.5 Å². The summed E-state index contributed by atoms with van der Waals surface area (Å²) in [5.41, 5.74) is -0.450. The van der Waals surface area contributed by atoms with Gasteiger partial charge in [0.25, 0.3) is 11.6 Å². The number of thiophene rings is 1. The number of hydrogen-bond acceptors (Lipinski definition) is 5. The highest BCUT2D eigenvalue weighted by Crippen LogP contribution is 2.24. The number of hydrogen-bond donors (Lipinski definition) is 2. The van der Waals surface area contributed by atoms with Gasteiger partial charge in [0.2, 0.25) is 0 Å². The molecule has 1 aromatic carbocycles. The Morgan fingerprint density at radius 1 is 1.45 bits per heavy atom. The van der Waals surface area contributed by atoms with Crippen molar-refractivity contribution in [2.45, 2.75) is 19.4 Å². The molecule has 0 saturated heterocycles. The normalized spacial score (nSPS) is 13.4. The van der Waals surface area contributed by atoms with Gasteiger partial charge in [0, 0.05) is 22.6 Å². The van der Waals surface area contributed by atoms with Crippen LogP contribution in [0.15, 0.2) is 35.7 Å². The molecule has 22 heavy (non-hydrogen) atoms. The van der Waals surface area contributed by atoms with E-state index in [9.17, 15) is 20.0 Å².